The molecule has 0 bridgehead atoms. The van der Waals surface area contributed by atoms with Gasteiger partial charge in [0.25, 0.3) is 5.91 Å². The molecule has 1 heterocycles. The zero-order chi connectivity index (χ0) is 11.7. The SMILES string of the molecule is CC1=NN(C)C(=O)C1Sc1ccccc1C. The number of aryl methyl sites for hydroxylation is 1. The average molecular weight is 234 g/mol. The highest BCUT2D eigenvalue weighted by atomic mass is 32.2. The van der Waals surface area contributed by atoms with Gasteiger partial charge in [0, 0.05) is 11.9 Å². The molecule has 1 amide bonds. The number of nitrogens with zero attached hydrogens (tertiary/aromatic N) is 2. The number of carbonyl (C=O) groups is 1. The number of amides is 1. The Hall–Kier alpha value is -1.29. The van der Waals surface area contributed by atoms with Crippen LogP contribution in [0.3, 0.4) is 0 Å². The van der Waals surface area contributed by atoms with Crippen LogP contribution in [0.25, 0.3) is 0 Å². The van der Waals surface area contributed by atoms with Crippen molar-refractivity contribution in [1.82, 2.24) is 5.01 Å². The van der Waals surface area contributed by atoms with Crippen molar-refractivity contribution in [2.45, 2.75) is 24.0 Å². The van der Waals surface area contributed by atoms with Crippen molar-refractivity contribution in [1.29, 1.82) is 0 Å². The van der Waals surface area contributed by atoms with Crippen LogP contribution in [0.5, 0.6) is 0 Å². The van der Waals surface area contributed by atoms with E-state index in [-0.39, 0.29) is 11.2 Å². The van der Waals surface area contributed by atoms with Gasteiger partial charge in [0.2, 0.25) is 0 Å². The van der Waals surface area contributed by atoms with Crippen molar-refractivity contribution in [2.24, 2.45) is 5.10 Å². The minimum absolute atomic E-state index is 0.0609. The van der Waals surface area contributed by atoms with Crippen LogP contribution >= 0.6 is 11.8 Å². The van der Waals surface area contributed by atoms with Crippen molar-refractivity contribution in [3.8, 4) is 0 Å². The van der Waals surface area contributed by atoms with Gasteiger partial charge in [-0.05, 0) is 25.5 Å². The van der Waals surface area contributed by atoms with E-state index in [0.29, 0.717) is 0 Å². The summed E-state index contributed by atoms with van der Waals surface area (Å²) in [7, 11) is 1.70. The Morgan fingerprint density at radius 2 is 2.00 bits per heavy atom. The van der Waals surface area contributed by atoms with Gasteiger partial charge < -0.3 is 0 Å². The zero-order valence-electron chi connectivity index (χ0n) is 9.60. The van der Waals surface area contributed by atoms with Gasteiger partial charge >= 0.3 is 0 Å². The third kappa shape index (κ3) is 1.97. The fourth-order valence-corrected chi connectivity index (χ4v) is 2.77. The second-order valence-electron chi connectivity index (χ2n) is 3.87. The summed E-state index contributed by atoms with van der Waals surface area (Å²) in [6.07, 6.45) is 0. The maximum absolute atomic E-state index is 11.8. The molecule has 1 unspecified atom stereocenters. The third-order valence-electron chi connectivity index (χ3n) is 2.57. The number of thioether (sulfide) groups is 1. The molecule has 0 aliphatic carbocycles. The maximum Gasteiger partial charge on any atom is 0.261 e. The Kier molecular flexibility index (Phi) is 3.01. The van der Waals surface area contributed by atoms with Crippen LogP contribution in [0.15, 0.2) is 34.3 Å². The maximum atomic E-state index is 11.8. The van der Waals surface area contributed by atoms with Gasteiger partial charge in [-0.1, -0.05) is 18.2 Å². The Labute approximate surface area is 99.5 Å². The van der Waals surface area contributed by atoms with Crippen molar-refractivity contribution < 1.29 is 4.79 Å². The number of rotatable bonds is 2. The summed E-state index contributed by atoms with van der Waals surface area (Å²) in [5, 5.41) is 5.42. The van der Waals surface area contributed by atoms with E-state index in [1.807, 2.05) is 25.1 Å². The lowest BCUT2D eigenvalue weighted by molar-refractivity contribution is -0.126. The summed E-state index contributed by atoms with van der Waals surface area (Å²) in [6.45, 7) is 3.95. The molecule has 2 rings (SSSR count). The van der Waals surface area contributed by atoms with Crippen molar-refractivity contribution >= 4 is 23.4 Å². The monoisotopic (exact) mass is 234 g/mol. The first-order valence-corrected chi connectivity index (χ1v) is 6.02. The Bertz CT molecular complexity index is 456. The van der Waals surface area contributed by atoms with E-state index in [1.54, 1.807) is 18.8 Å². The molecule has 0 fully saturated rings. The van der Waals surface area contributed by atoms with E-state index in [2.05, 4.69) is 18.1 Å². The average Bonchev–Trinajstić information content (AvgIpc) is 2.48. The summed E-state index contributed by atoms with van der Waals surface area (Å²) < 4.78 is 0. The third-order valence-corrected chi connectivity index (χ3v) is 4.06. The van der Waals surface area contributed by atoms with Crippen molar-refractivity contribution in [3.05, 3.63) is 29.8 Å². The second kappa shape index (κ2) is 4.29. The highest BCUT2D eigenvalue weighted by Crippen LogP contribution is 2.30. The summed E-state index contributed by atoms with van der Waals surface area (Å²) in [5.41, 5.74) is 2.07. The predicted octanol–water partition coefficient (Wildman–Crippen LogP) is 2.30. The first-order chi connectivity index (χ1) is 7.59. The largest absolute Gasteiger partial charge is 0.271 e. The predicted molar refractivity (Wildman–Crippen MR) is 66.7 cm³/mol. The standard InChI is InChI=1S/C12H14N2OS/c1-8-6-4-5-7-10(8)16-11-9(2)13-14(3)12(11)15/h4-7,11H,1-3H3. The highest BCUT2D eigenvalue weighted by molar-refractivity contribution is 8.01. The first-order valence-electron chi connectivity index (χ1n) is 5.14. The Morgan fingerprint density at radius 1 is 1.31 bits per heavy atom. The van der Waals surface area contributed by atoms with E-state index >= 15 is 0 Å². The van der Waals surface area contributed by atoms with Crippen LogP contribution in [0.2, 0.25) is 0 Å². The Morgan fingerprint density at radius 3 is 2.56 bits per heavy atom. The zero-order valence-corrected chi connectivity index (χ0v) is 10.4. The van der Waals surface area contributed by atoms with E-state index in [0.717, 1.165) is 10.6 Å². The quantitative estimate of drug-likeness (QED) is 0.786. The summed E-state index contributed by atoms with van der Waals surface area (Å²) in [6, 6.07) is 8.09. The van der Waals surface area contributed by atoms with Crippen LogP contribution in [0.4, 0.5) is 0 Å². The second-order valence-corrected chi connectivity index (χ2v) is 5.01. The molecular weight excluding hydrogens is 220 g/mol. The highest BCUT2D eigenvalue weighted by Gasteiger charge is 2.32. The molecule has 0 saturated carbocycles. The molecule has 1 atom stereocenters. The fourth-order valence-electron chi connectivity index (χ4n) is 1.64. The van der Waals surface area contributed by atoms with Crippen LogP contribution < -0.4 is 0 Å². The lowest BCUT2D eigenvalue weighted by Crippen LogP contribution is -2.26. The molecule has 0 radical (unpaired) electrons. The van der Waals surface area contributed by atoms with E-state index in [4.69, 9.17) is 0 Å². The van der Waals surface area contributed by atoms with E-state index in [1.165, 1.54) is 10.6 Å². The van der Waals surface area contributed by atoms with Crippen LogP contribution in [-0.4, -0.2) is 28.9 Å². The number of benzene rings is 1. The van der Waals surface area contributed by atoms with E-state index < -0.39 is 0 Å². The normalized spacial score (nSPS) is 20.2. The molecule has 0 aromatic heterocycles. The lowest BCUT2D eigenvalue weighted by atomic mass is 10.2. The van der Waals surface area contributed by atoms with Gasteiger partial charge in [0.05, 0.1) is 5.71 Å². The van der Waals surface area contributed by atoms with Gasteiger partial charge in [-0.15, -0.1) is 11.8 Å². The van der Waals surface area contributed by atoms with Gasteiger partial charge in [-0.3, -0.25) is 4.79 Å². The van der Waals surface area contributed by atoms with Crippen LogP contribution in [-0.2, 0) is 4.79 Å². The minimum Gasteiger partial charge on any atom is -0.271 e. The van der Waals surface area contributed by atoms with Crippen LogP contribution in [0.1, 0.15) is 12.5 Å². The smallest absolute Gasteiger partial charge is 0.261 e. The molecule has 3 nitrogen and oxygen atoms in total. The lowest BCUT2D eigenvalue weighted by Gasteiger charge is -2.11. The van der Waals surface area contributed by atoms with Crippen molar-refractivity contribution in [3.63, 3.8) is 0 Å². The summed E-state index contributed by atoms with van der Waals surface area (Å²) >= 11 is 1.58. The molecule has 0 N–H and O–H groups in total. The number of hydrazone groups is 1. The number of hydrogen-bond acceptors (Lipinski definition) is 3. The topological polar surface area (TPSA) is 32.7 Å². The van der Waals surface area contributed by atoms with Gasteiger partial charge in [-0.25, -0.2) is 5.01 Å². The Balaban J connectivity index is 2.20. The number of hydrogen-bond donors (Lipinski definition) is 0. The number of carbonyl (C=O) groups excluding carboxylic acids is 1. The molecule has 1 aromatic carbocycles. The summed E-state index contributed by atoms with van der Waals surface area (Å²) in [4.78, 5) is 13.0. The molecule has 1 aliphatic heterocycles. The van der Waals surface area contributed by atoms with Crippen molar-refractivity contribution in [2.75, 3.05) is 7.05 Å². The molecule has 0 spiro atoms. The van der Waals surface area contributed by atoms with Gasteiger partial charge in [0.1, 0.15) is 5.25 Å². The fraction of sp³-hybridized carbons (Fsp3) is 0.333. The van der Waals surface area contributed by atoms with Crippen LogP contribution in [0, 0.1) is 6.92 Å². The first kappa shape index (κ1) is 11.2. The molecule has 1 aromatic rings. The molecule has 0 saturated heterocycles. The molecule has 4 heteroatoms. The summed E-state index contributed by atoms with van der Waals surface area (Å²) in [5.74, 6) is 0.0609. The molecule has 16 heavy (non-hydrogen) atoms. The molecular formula is C12H14N2OS. The minimum atomic E-state index is -0.161. The molecule has 1 aliphatic rings. The van der Waals surface area contributed by atoms with Gasteiger partial charge in [0.15, 0.2) is 0 Å². The van der Waals surface area contributed by atoms with Gasteiger partial charge in [-0.2, -0.15) is 5.10 Å². The van der Waals surface area contributed by atoms with E-state index in [9.17, 15) is 4.79 Å². The molecule has 84 valence electrons.